The molecule has 1 atom stereocenters. The molecule has 0 radical (unpaired) electrons. The van der Waals surface area contributed by atoms with Crippen LogP contribution < -0.4 is 16.8 Å². The summed E-state index contributed by atoms with van der Waals surface area (Å²) in [7, 11) is 0. The molecule has 0 spiro atoms. The fourth-order valence-electron chi connectivity index (χ4n) is 1.69. The zero-order chi connectivity index (χ0) is 13.1. The van der Waals surface area contributed by atoms with E-state index >= 15 is 0 Å². The largest absolute Gasteiger partial charge is 0.467 e. The van der Waals surface area contributed by atoms with Crippen LogP contribution in [0, 0.1) is 0 Å². The van der Waals surface area contributed by atoms with Crippen LogP contribution in [0.2, 0.25) is 0 Å². The molecule has 18 heavy (non-hydrogen) atoms. The van der Waals surface area contributed by atoms with Gasteiger partial charge in [-0.25, -0.2) is 0 Å². The van der Waals surface area contributed by atoms with E-state index in [1.807, 2.05) is 19.1 Å². The number of carbonyl (C=O) groups excluding carboxylic acids is 1. The first kappa shape index (κ1) is 12.0. The molecule has 94 valence electrons. The van der Waals surface area contributed by atoms with Crippen LogP contribution in [-0.4, -0.2) is 5.91 Å². The number of hydrogen-bond acceptors (Lipinski definition) is 4. The molecule has 0 bridgehead atoms. The molecule has 0 aliphatic carbocycles. The van der Waals surface area contributed by atoms with Gasteiger partial charge in [-0.1, -0.05) is 0 Å². The van der Waals surface area contributed by atoms with Crippen LogP contribution in [0.5, 0.6) is 0 Å². The highest BCUT2D eigenvalue weighted by atomic mass is 16.3. The Bertz CT molecular complexity index is 549. The Hall–Kier alpha value is -2.43. The van der Waals surface area contributed by atoms with Gasteiger partial charge in [0, 0.05) is 5.56 Å². The average Bonchev–Trinajstić information content (AvgIpc) is 2.85. The van der Waals surface area contributed by atoms with Crippen molar-refractivity contribution in [2.45, 2.75) is 13.0 Å². The Morgan fingerprint density at radius 3 is 2.72 bits per heavy atom. The summed E-state index contributed by atoms with van der Waals surface area (Å²) in [4.78, 5) is 11.0. The lowest BCUT2D eigenvalue weighted by Gasteiger charge is -2.15. The lowest BCUT2D eigenvalue weighted by molar-refractivity contribution is 0.100. The normalized spacial score (nSPS) is 12.1. The second-order valence-electron chi connectivity index (χ2n) is 4.05. The van der Waals surface area contributed by atoms with Crippen molar-refractivity contribution in [3.63, 3.8) is 0 Å². The fraction of sp³-hybridized carbons (Fsp3) is 0.154. The van der Waals surface area contributed by atoms with Crippen LogP contribution >= 0.6 is 0 Å². The molecule has 0 saturated carbocycles. The van der Waals surface area contributed by atoms with Crippen molar-refractivity contribution in [2.75, 3.05) is 11.1 Å². The number of anilines is 2. The van der Waals surface area contributed by atoms with Crippen LogP contribution in [0.15, 0.2) is 41.0 Å². The topological polar surface area (TPSA) is 94.3 Å². The van der Waals surface area contributed by atoms with Crippen LogP contribution in [0.3, 0.4) is 0 Å². The number of rotatable bonds is 4. The summed E-state index contributed by atoms with van der Waals surface area (Å²) >= 11 is 0. The van der Waals surface area contributed by atoms with E-state index in [1.54, 1.807) is 24.5 Å². The van der Waals surface area contributed by atoms with E-state index in [-0.39, 0.29) is 6.04 Å². The number of amides is 1. The van der Waals surface area contributed by atoms with Gasteiger partial charge < -0.3 is 21.2 Å². The molecule has 0 aliphatic heterocycles. The van der Waals surface area contributed by atoms with Gasteiger partial charge in [-0.3, -0.25) is 4.79 Å². The lowest BCUT2D eigenvalue weighted by Crippen LogP contribution is -2.12. The van der Waals surface area contributed by atoms with Gasteiger partial charge in [0.15, 0.2) is 0 Å². The molecule has 1 heterocycles. The van der Waals surface area contributed by atoms with E-state index in [2.05, 4.69) is 5.32 Å². The van der Waals surface area contributed by atoms with E-state index in [9.17, 15) is 4.79 Å². The third-order valence-electron chi connectivity index (χ3n) is 2.68. The van der Waals surface area contributed by atoms with Crippen molar-refractivity contribution in [1.82, 2.24) is 0 Å². The second-order valence-corrected chi connectivity index (χ2v) is 4.05. The molecule has 1 amide bonds. The molecule has 0 fully saturated rings. The van der Waals surface area contributed by atoms with Gasteiger partial charge in [-0.05, 0) is 37.3 Å². The lowest BCUT2D eigenvalue weighted by atomic mass is 10.1. The summed E-state index contributed by atoms with van der Waals surface area (Å²) in [6.07, 6.45) is 1.62. The van der Waals surface area contributed by atoms with Crippen molar-refractivity contribution in [3.05, 3.63) is 47.9 Å². The Morgan fingerprint density at radius 2 is 2.17 bits per heavy atom. The molecular weight excluding hydrogens is 230 g/mol. The van der Waals surface area contributed by atoms with E-state index in [0.717, 1.165) is 11.4 Å². The number of benzene rings is 1. The Kier molecular flexibility index (Phi) is 3.23. The quantitative estimate of drug-likeness (QED) is 0.719. The fourth-order valence-corrected chi connectivity index (χ4v) is 1.69. The Labute approximate surface area is 105 Å². The average molecular weight is 245 g/mol. The number of furan rings is 1. The van der Waals surface area contributed by atoms with Crippen molar-refractivity contribution in [1.29, 1.82) is 0 Å². The third-order valence-corrected chi connectivity index (χ3v) is 2.68. The van der Waals surface area contributed by atoms with Gasteiger partial charge in [0.1, 0.15) is 5.76 Å². The Morgan fingerprint density at radius 1 is 1.39 bits per heavy atom. The molecule has 2 rings (SSSR count). The molecule has 1 unspecified atom stereocenters. The maximum atomic E-state index is 11.0. The highest BCUT2D eigenvalue weighted by molar-refractivity contribution is 5.94. The predicted octanol–water partition coefficient (Wildman–Crippen LogP) is 2.13. The van der Waals surface area contributed by atoms with Crippen molar-refractivity contribution < 1.29 is 9.21 Å². The number of nitrogens with two attached hydrogens (primary N) is 2. The first-order valence-electron chi connectivity index (χ1n) is 5.57. The van der Waals surface area contributed by atoms with Gasteiger partial charge in [-0.2, -0.15) is 0 Å². The van der Waals surface area contributed by atoms with E-state index in [0.29, 0.717) is 11.3 Å². The summed E-state index contributed by atoms with van der Waals surface area (Å²) in [6.45, 7) is 1.96. The third kappa shape index (κ3) is 2.45. The summed E-state index contributed by atoms with van der Waals surface area (Å²) < 4.78 is 5.29. The minimum Gasteiger partial charge on any atom is -0.467 e. The second kappa shape index (κ2) is 4.83. The summed E-state index contributed by atoms with van der Waals surface area (Å²) in [5, 5.41) is 3.21. The van der Waals surface area contributed by atoms with E-state index in [1.165, 1.54) is 0 Å². The zero-order valence-corrected chi connectivity index (χ0v) is 10.0. The van der Waals surface area contributed by atoms with Gasteiger partial charge in [0.2, 0.25) is 5.91 Å². The molecule has 5 N–H and O–H groups in total. The van der Waals surface area contributed by atoms with Crippen LogP contribution in [0.1, 0.15) is 29.1 Å². The first-order chi connectivity index (χ1) is 8.58. The number of nitrogen functional groups attached to an aromatic ring is 1. The molecule has 1 aromatic heterocycles. The maximum absolute atomic E-state index is 11.0. The summed E-state index contributed by atoms with van der Waals surface area (Å²) in [5.74, 6) is 0.320. The standard InChI is InChI=1S/C13H15N3O2/c1-8(12-3-2-6-18-12)16-11-5-4-9(13(15)17)7-10(11)14/h2-8,16H,14H2,1H3,(H2,15,17). The predicted molar refractivity (Wildman–Crippen MR) is 70.1 cm³/mol. The highest BCUT2D eigenvalue weighted by Gasteiger charge is 2.10. The minimum absolute atomic E-state index is 0.0123. The first-order valence-corrected chi connectivity index (χ1v) is 5.57. The van der Waals surface area contributed by atoms with Crippen molar-refractivity contribution >= 4 is 17.3 Å². The number of nitrogens with one attached hydrogen (secondary N) is 1. The van der Waals surface area contributed by atoms with Crippen LogP contribution in [0.4, 0.5) is 11.4 Å². The number of carbonyl (C=O) groups is 1. The van der Waals surface area contributed by atoms with E-state index < -0.39 is 5.91 Å². The number of hydrogen-bond donors (Lipinski definition) is 3. The molecule has 5 nitrogen and oxygen atoms in total. The maximum Gasteiger partial charge on any atom is 0.248 e. The van der Waals surface area contributed by atoms with Crippen molar-refractivity contribution in [2.24, 2.45) is 5.73 Å². The van der Waals surface area contributed by atoms with Crippen molar-refractivity contribution in [3.8, 4) is 0 Å². The molecule has 0 saturated heterocycles. The van der Waals surface area contributed by atoms with Crippen LogP contribution in [-0.2, 0) is 0 Å². The van der Waals surface area contributed by atoms with Gasteiger partial charge in [0.25, 0.3) is 0 Å². The molecular formula is C13H15N3O2. The van der Waals surface area contributed by atoms with Crippen LogP contribution in [0.25, 0.3) is 0 Å². The highest BCUT2D eigenvalue weighted by Crippen LogP contribution is 2.25. The minimum atomic E-state index is -0.493. The van der Waals surface area contributed by atoms with Gasteiger partial charge >= 0.3 is 0 Å². The molecule has 2 aromatic rings. The summed E-state index contributed by atoms with van der Waals surface area (Å²) in [5.41, 5.74) is 12.6. The zero-order valence-electron chi connectivity index (χ0n) is 10.0. The Balaban J connectivity index is 2.17. The monoisotopic (exact) mass is 245 g/mol. The molecule has 0 aliphatic rings. The van der Waals surface area contributed by atoms with Gasteiger partial charge in [0.05, 0.1) is 23.7 Å². The van der Waals surface area contributed by atoms with E-state index in [4.69, 9.17) is 15.9 Å². The molecule has 1 aromatic carbocycles. The number of primary amides is 1. The summed E-state index contributed by atoms with van der Waals surface area (Å²) in [6, 6.07) is 8.62. The molecule has 5 heteroatoms. The van der Waals surface area contributed by atoms with Gasteiger partial charge in [-0.15, -0.1) is 0 Å². The smallest absolute Gasteiger partial charge is 0.248 e. The SMILES string of the molecule is CC(Nc1ccc(C(N)=O)cc1N)c1ccco1.